The van der Waals surface area contributed by atoms with Gasteiger partial charge in [0.25, 0.3) is 0 Å². The first-order chi connectivity index (χ1) is 14.6. The third-order valence-electron chi connectivity index (χ3n) is 5.98. The first kappa shape index (κ1) is 18.9. The molecule has 5 rings (SSSR count). The van der Waals surface area contributed by atoms with Crippen LogP contribution in [0.1, 0.15) is 34.6 Å². The van der Waals surface area contributed by atoms with Crippen molar-refractivity contribution in [2.45, 2.75) is 25.8 Å². The van der Waals surface area contributed by atoms with E-state index in [1.807, 2.05) is 29.2 Å². The molecule has 0 N–H and O–H groups in total. The Kier molecular flexibility index (Phi) is 4.80. The number of carbonyl (C=O) groups excluding carboxylic acids is 1. The van der Waals surface area contributed by atoms with Crippen molar-refractivity contribution >= 4 is 34.0 Å². The number of nitrogens with zero attached hydrogens (tertiary/aromatic N) is 1. The molecule has 0 spiro atoms. The predicted molar refractivity (Wildman–Crippen MR) is 124 cm³/mol. The van der Waals surface area contributed by atoms with Gasteiger partial charge in [-0.25, -0.2) is 0 Å². The number of benzene rings is 4. The van der Waals surface area contributed by atoms with Crippen LogP contribution in [-0.2, 0) is 11.3 Å². The van der Waals surface area contributed by atoms with Crippen molar-refractivity contribution in [3.8, 4) is 0 Å². The molecule has 0 aliphatic carbocycles. The third-order valence-corrected chi connectivity index (χ3v) is 6.21. The largest absolute Gasteiger partial charge is 0.308 e. The molecular formula is C27H22ClNO. The van der Waals surface area contributed by atoms with Crippen LogP contribution >= 0.6 is 11.6 Å². The molecule has 3 heteroatoms. The maximum Gasteiger partial charge on any atom is 0.228 e. The molecule has 0 bridgehead atoms. The summed E-state index contributed by atoms with van der Waals surface area (Å²) in [5.74, 6) is 0.193. The van der Waals surface area contributed by atoms with Gasteiger partial charge in [-0.05, 0) is 52.6 Å². The molecular weight excluding hydrogens is 390 g/mol. The second kappa shape index (κ2) is 7.62. The van der Waals surface area contributed by atoms with Gasteiger partial charge in [-0.2, -0.15) is 0 Å². The fourth-order valence-corrected chi connectivity index (χ4v) is 4.69. The maximum atomic E-state index is 13.3. The van der Waals surface area contributed by atoms with Crippen LogP contribution in [0.15, 0.2) is 84.9 Å². The predicted octanol–water partition coefficient (Wildman–Crippen LogP) is 6.87. The molecule has 0 fully saturated rings. The van der Waals surface area contributed by atoms with Crippen LogP contribution < -0.4 is 4.90 Å². The molecule has 1 unspecified atom stereocenters. The van der Waals surface area contributed by atoms with Gasteiger partial charge < -0.3 is 4.90 Å². The van der Waals surface area contributed by atoms with E-state index in [1.54, 1.807) is 0 Å². The first-order valence-electron chi connectivity index (χ1n) is 10.2. The Labute approximate surface area is 181 Å². The monoisotopic (exact) mass is 411 g/mol. The Bertz CT molecular complexity index is 1250. The molecule has 148 valence electrons. The lowest BCUT2D eigenvalue weighted by atomic mass is 9.81. The lowest BCUT2D eigenvalue weighted by Crippen LogP contribution is -2.36. The molecule has 0 saturated carbocycles. The summed E-state index contributed by atoms with van der Waals surface area (Å²) in [4.78, 5) is 15.2. The van der Waals surface area contributed by atoms with Gasteiger partial charge >= 0.3 is 0 Å². The number of rotatable bonds is 3. The summed E-state index contributed by atoms with van der Waals surface area (Å²) in [6, 6.07) is 29.0. The minimum absolute atomic E-state index is 0.0508. The van der Waals surface area contributed by atoms with E-state index >= 15 is 0 Å². The van der Waals surface area contributed by atoms with Crippen LogP contribution in [0.3, 0.4) is 0 Å². The van der Waals surface area contributed by atoms with Crippen LogP contribution in [0, 0.1) is 6.92 Å². The van der Waals surface area contributed by atoms with Crippen LogP contribution in [0.25, 0.3) is 10.8 Å². The quantitative estimate of drug-likeness (QED) is 0.360. The van der Waals surface area contributed by atoms with Crippen molar-refractivity contribution in [2.75, 3.05) is 4.90 Å². The van der Waals surface area contributed by atoms with Crippen molar-refractivity contribution in [3.63, 3.8) is 0 Å². The van der Waals surface area contributed by atoms with Gasteiger partial charge in [0.15, 0.2) is 0 Å². The third kappa shape index (κ3) is 3.38. The number of anilines is 1. The molecule has 1 aliphatic rings. The van der Waals surface area contributed by atoms with E-state index in [-0.39, 0.29) is 11.8 Å². The summed E-state index contributed by atoms with van der Waals surface area (Å²) >= 11 is 6.19. The highest BCUT2D eigenvalue weighted by molar-refractivity contribution is 6.30. The molecule has 1 amide bonds. The van der Waals surface area contributed by atoms with Crippen LogP contribution in [0.2, 0.25) is 5.02 Å². The maximum absolute atomic E-state index is 13.3. The van der Waals surface area contributed by atoms with E-state index < -0.39 is 0 Å². The zero-order chi connectivity index (χ0) is 20.7. The molecule has 0 radical (unpaired) electrons. The summed E-state index contributed by atoms with van der Waals surface area (Å²) < 4.78 is 0. The molecule has 4 aromatic rings. The van der Waals surface area contributed by atoms with Gasteiger partial charge in [0.2, 0.25) is 5.91 Å². The number of fused-ring (bicyclic) bond motifs is 3. The van der Waals surface area contributed by atoms with Crippen molar-refractivity contribution in [1.29, 1.82) is 0 Å². The number of amides is 1. The zero-order valence-corrected chi connectivity index (χ0v) is 17.6. The van der Waals surface area contributed by atoms with Crippen LogP contribution in [-0.4, -0.2) is 5.91 Å². The van der Waals surface area contributed by atoms with Crippen LogP contribution in [0.5, 0.6) is 0 Å². The number of carbonyl (C=O) groups is 1. The highest BCUT2D eigenvalue weighted by Gasteiger charge is 2.33. The average Bonchev–Trinajstić information content (AvgIpc) is 2.76. The number of halogens is 1. The molecule has 30 heavy (non-hydrogen) atoms. The number of hydrogen-bond donors (Lipinski definition) is 0. The molecule has 2 nitrogen and oxygen atoms in total. The minimum atomic E-state index is 0.0508. The van der Waals surface area contributed by atoms with Gasteiger partial charge in [-0.1, -0.05) is 83.9 Å². The highest BCUT2D eigenvalue weighted by atomic mass is 35.5. The molecule has 1 atom stereocenters. The Morgan fingerprint density at radius 3 is 2.53 bits per heavy atom. The molecule has 0 saturated heterocycles. The van der Waals surface area contributed by atoms with E-state index in [0.29, 0.717) is 18.0 Å². The van der Waals surface area contributed by atoms with E-state index in [2.05, 4.69) is 67.6 Å². The van der Waals surface area contributed by atoms with Gasteiger partial charge in [0.1, 0.15) is 0 Å². The van der Waals surface area contributed by atoms with E-state index in [9.17, 15) is 4.79 Å². The van der Waals surface area contributed by atoms with E-state index in [0.717, 1.165) is 11.3 Å². The topological polar surface area (TPSA) is 20.3 Å². The van der Waals surface area contributed by atoms with Gasteiger partial charge in [0.05, 0.1) is 6.54 Å². The number of aryl methyl sites for hydroxylation is 1. The number of hydrogen-bond acceptors (Lipinski definition) is 1. The van der Waals surface area contributed by atoms with Crippen LogP contribution in [0.4, 0.5) is 5.69 Å². The summed E-state index contributed by atoms with van der Waals surface area (Å²) in [6.45, 7) is 2.61. The summed E-state index contributed by atoms with van der Waals surface area (Å²) in [7, 11) is 0. The fraction of sp³-hybridized carbons (Fsp3) is 0.148. The van der Waals surface area contributed by atoms with Crippen molar-refractivity contribution in [1.82, 2.24) is 0 Å². The highest BCUT2D eigenvalue weighted by Crippen LogP contribution is 2.44. The lowest BCUT2D eigenvalue weighted by Gasteiger charge is -2.35. The SMILES string of the molecule is Cc1ccc(C2CC(=O)N(Cc3cccc(Cl)c3)c3ccc4ccccc4c32)cc1. The Balaban J connectivity index is 1.68. The molecule has 1 heterocycles. The Hall–Kier alpha value is -3.10. The smallest absolute Gasteiger partial charge is 0.228 e. The van der Waals surface area contributed by atoms with Crippen molar-refractivity contribution in [3.05, 3.63) is 112 Å². The lowest BCUT2D eigenvalue weighted by molar-refractivity contribution is -0.119. The van der Waals surface area contributed by atoms with Crippen molar-refractivity contribution < 1.29 is 4.79 Å². The first-order valence-corrected chi connectivity index (χ1v) is 10.6. The molecule has 1 aliphatic heterocycles. The van der Waals surface area contributed by atoms with E-state index in [4.69, 9.17) is 11.6 Å². The second-order valence-electron chi connectivity index (χ2n) is 8.00. The zero-order valence-electron chi connectivity index (χ0n) is 16.8. The van der Waals surface area contributed by atoms with Crippen molar-refractivity contribution in [2.24, 2.45) is 0 Å². The Morgan fingerprint density at radius 2 is 1.73 bits per heavy atom. The second-order valence-corrected chi connectivity index (χ2v) is 8.43. The van der Waals surface area contributed by atoms with Gasteiger partial charge in [-0.3, -0.25) is 4.79 Å². The average molecular weight is 412 g/mol. The summed E-state index contributed by atoms with van der Waals surface area (Å²) in [5, 5.41) is 3.10. The van der Waals surface area contributed by atoms with E-state index in [1.165, 1.54) is 27.5 Å². The molecule has 0 aromatic heterocycles. The standard InChI is InChI=1S/C27H22ClNO/c1-18-9-11-21(12-10-18)24-16-26(30)29(17-19-5-4-7-22(28)15-19)25-14-13-20-6-2-3-8-23(20)27(24)25/h2-15,24H,16-17H2,1H3. The molecule has 4 aromatic carbocycles. The summed E-state index contributed by atoms with van der Waals surface area (Å²) in [6.07, 6.45) is 0.463. The minimum Gasteiger partial charge on any atom is -0.308 e. The Morgan fingerprint density at radius 1 is 0.933 bits per heavy atom. The summed E-state index contributed by atoms with van der Waals surface area (Å²) in [5.41, 5.74) is 5.67. The fourth-order valence-electron chi connectivity index (χ4n) is 4.48. The van der Waals surface area contributed by atoms with Gasteiger partial charge in [0, 0.05) is 23.0 Å². The normalized spacial score (nSPS) is 16.0. The van der Waals surface area contributed by atoms with Gasteiger partial charge in [-0.15, -0.1) is 0 Å².